The molecule has 0 spiro atoms. The fourth-order valence-corrected chi connectivity index (χ4v) is 3.40. The molecule has 1 aliphatic rings. The van der Waals surface area contributed by atoms with E-state index in [4.69, 9.17) is 0 Å². The first-order chi connectivity index (χ1) is 12.7. The zero-order valence-electron chi connectivity index (χ0n) is 14.2. The molecule has 0 unspecified atom stereocenters. The Morgan fingerprint density at radius 1 is 1.27 bits per heavy atom. The molecule has 0 saturated carbocycles. The van der Waals surface area contributed by atoms with E-state index in [0.717, 1.165) is 19.4 Å². The highest BCUT2D eigenvalue weighted by Gasteiger charge is 2.27. The number of aromatic amines is 1. The van der Waals surface area contributed by atoms with Gasteiger partial charge in [-0.15, -0.1) is 0 Å². The van der Waals surface area contributed by atoms with Gasteiger partial charge in [0.15, 0.2) is 0 Å². The maximum Gasteiger partial charge on any atom is 0.257 e. The Balaban J connectivity index is 1.45. The predicted molar refractivity (Wildman–Crippen MR) is 92.6 cm³/mol. The summed E-state index contributed by atoms with van der Waals surface area (Å²) in [6, 6.07) is 6.38. The molecule has 0 aliphatic carbocycles. The van der Waals surface area contributed by atoms with E-state index in [-0.39, 0.29) is 11.7 Å². The van der Waals surface area contributed by atoms with Crippen LogP contribution in [0.2, 0.25) is 0 Å². The summed E-state index contributed by atoms with van der Waals surface area (Å²) in [5.74, 6) is -0.0234. The lowest BCUT2D eigenvalue weighted by atomic mass is 9.96. The number of carbonyl (C=O) groups is 1. The Morgan fingerprint density at radius 3 is 2.81 bits per heavy atom. The quantitative estimate of drug-likeness (QED) is 0.780. The molecule has 2 aromatic heterocycles. The smallest absolute Gasteiger partial charge is 0.257 e. The molecule has 3 aromatic rings. The summed E-state index contributed by atoms with van der Waals surface area (Å²) in [7, 11) is 0. The summed E-state index contributed by atoms with van der Waals surface area (Å²) >= 11 is 0. The standard InChI is InChI=1S/C18H19FN6O/c19-16-4-2-1-3-14(16)17-15(9-21-23-17)18(26)24-7-5-13(6-8-24)10-25-12-20-11-22-25/h1-4,9,11-13H,5-8,10H2,(H,21,23). The molecule has 1 aliphatic heterocycles. The zero-order valence-corrected chi connectivity index (χ0v) is 14.2. The monoisotopic (exact) mass is 354 g/mol. The number of rotatable bonds is 4. The number of amides is 1. The summed E-state index contributed by atoms with van der Waals surface area (Å²) in [6.45, 7) is 2.15. The lowest BCUT2D eigenvalue weighted by Crippen LogP contribution is -2.39. The van der Waals surface area contributed by atoms with Crippen molar-refractivity contribution in [3.05, 3.63) is 54.5 Å². The molecule has 134 valence electrons. The Bertz CT molecular complexity index is 883. The van der Waals surface area contributed by atoms with Crippen molar-refractivity contribution >= 4 is 5.91 Å². The minimum absolute atomic E-state index is 0.115. The van der Waals surface area contributed by atoms with Crippen molar-refractivity contribution < 1.29 is 9.18 Å². The van der Waals surface area contributed by atoms with Crippen molar-refractivity contribution in [2.45, 2.75) is 19.4 Å². The van der Waals surface area contributed by atoms with Crippen LogP contribution in [0.1, 0.15) is 23.2 Å². The fraction of sp³-hybridized carbons (Fsp3) is 0.333. The SMILES string of the molecule is O=C(c1cn[nH]c1-c1ccccc1F)N1CCC(Cn2cncn2)CC1. The zero-order chi connectivity index (χ0) is 17.9. The third-order valence-electron chi connectivity index (χ3n) is 4.83. The highest BCUT2D eigenvalue weighted by atomic mass is 19.1. The van der Waals surface area contributed by atoms with Crippen LogP contribution in [0.25, 0.3) is 11.3 Å². The molecule has 3 heterocycles. The van der Waals surface area contributed by atoms with Crippen LogP contribution in [-0.4, -0.2) is 48.9 Å². The maximum absolute atomic E-state index is 14.1. The molecule has 4 rings (SSSR count). The summed E-state index contributed by atoms with van der Waals surface area (Å²) in [5, 5.41) is 10.9. The number of nitrogens with zero attached hydrogens (tertiary/aromatic N) is 5. The molecule has 0 atom stereocenters. The van der Waals surface area contributed by atoms with E-state index in [1.54, 1.807) is 24.5 Å². The van der Waals surface area contributed by atoms with Gasteiger partial charge in [-0.1, -0.05) is 12.1 Å². The van der Waals surface area contributed by atoms with Crippen molar-refractivity contribution in [2.24, 2.45) is 5.92 Å². The molecule has 0 radical (unpaired) electrons. The van der Waals surface area contributed by atoms with Gasteiger partial charge in [-0.2, -0.15) is 10.2 Å². The van der Waals surface area contributed by atoms with E-state index in [9.17, 15) is 9.18 Å². The van der Waals surface area contributed by atoms with Crippen LogP contribution in [0, 0.1) is 11.7 Å². The average molecular weight is 354 g/mol. The first kappa shape index (κ1) is 16.4. The van der Waals surface area contributed by atoms with Gasteiger partial charge in [-0.3, -0.25) is 14.6 Å². The van der Waals surface area contributed by atoms with Crippen LogP contribution in [0.15, 0.2) is 43.1 Å². The van der Waals surface area contributed by atoms with E-state index in [0.29, 0.717) is 35.8 Å². The third kappa shape index (κ3) is 3.22. The van der Waals surface area contributed by atoms with Crippen molar-refractivity contribution in [2.75, 3.05) is 13.1 Å². The Labute approximate surface area is 149 Å². The summed E-state index contributed by atoms with van der Waals surface area (Å²) in [6.07, 6.45) is 6.52. The first-order valence-electron chi connectivity index (χ1n) is 8.62. The fourth-order valence-electron chi connectivity index (χ4n) is 3.40. The van der Waals surface area contributed by atoms with Gasteiger partial charge in [0.2, 0.25) is 0 Å². The number of H-pyrrole nitrogens is 1. The van der Waals surface area contributed by atoms with Gasteiger partial charge in [0, 0.05) is 25.2 Å². The van der Waals surface area contributed by atoms with Gasteiger partial charge in [-0.25, -0.2) is 9.37 Å². The molecular weight excluding hydrogens is 335 g/mol. The van der Waals surface area contributed by atoms with Gasteiger partial charge in [0.05, 0.1) is 17.5 Å². The van der Waals surface area contributed by atoms with Crippen molar-refractivity contribution in [1.29, 1.82) is 0 Å². The van der Waals surface area contributed by atoms with Crippen LogP contribution >= 0.6 is 0 Å². The Hall–Kier alpha value is -3.03. The van der Waals surface area contributed by atoms with E-state index < -0.39 is 0 Å². The van der Waals surface area contributed by atoms with Crippen LogP contribution in [0.3, 0.4) is 0 Å². The molecule has 1 fully saturated rings. The molecule has 7 nitrogen and oxygen atoms in total. The van der Waals surface area contributed by atoms with Crippen LogP contribution < -0.4 is 0 Å². The number of benzene rings is 1. The van der Waals surface area contributed by atoms with E-state index in [2.05, 4.69) is 20.3 Å². The van der Waals surface area contributed by atoms with Gasteiger partial charge in [0.1, 0.15) is 18.5 Å². The Kier molecular flexibility index (Phi) is 4.47. The van der Waals surface area contributed by atoms with Crippen molar-refractivity contribution in [3.8, 4) is 11.3 Å². The highest BCUT2D eigenvalue weighted by molar-refractivity contribution is 5.99. The Morgan fingerprint density at radius 2 is 2.08 bits per heavy atom. The number of carbonyl (C=O) groups excluding carboxylic acids is 1. The van der Waals surface area contributed by atoms with Crippen LogP contribution in [-0.2, 0) is 6.54 Å². The molecule has 26 heavy (non-hydrogen) atoms. The second kappa shape index (κ2) is 7.07. The average Bonchev–Trinajstić information content (AvgIpc) is 3.34. The second-order valence-corrected chi connectivity index (χ2v) is 6.49. The minimum Gasteiger partial charge on any atom is -0.339 e. The van der Waals surface area contributed by atoms with Gasteiger partial charge >= 0.3 is 0 Å². The van der Waals surface area contributed by atoms with Gasteiger partial charge in [0.25, 0.3) is 5.91 Å². The topological polar surface area (TPSA) is 79.7 Å². The molecule has 1 amide bonds. The third-order valence-corrected chi connectivity index (χ3v) is 4.83. The number of nitrogens with one attached hydrogen (secondary N) is 1. The van der Waals surface area contributed by atoms with Gasteiger partial charge < -0.3 is 4.90 Å². The molecule has 0 bridgehead atoms. The van der Waals surface area contributed by atoms with Gasteiger partial charge in [-0.05, 0) is 30.9 Å². The number of hydrogen-bond acceptors (Lipinski definition) is 4. The normalized spacial score (nSPS) is 15.3. The second-order valence-electron chi connectivity index (χ2n) is 6.49. The van der Waals surface area contributed by atoms with E-state index in [1.807, 2.05) is 9.58 Å². The number of hydrogen-bond donors (Lipinski definition) is 1. The predicted octanol–water partition coefficient (Wildman–Crippen LogP) is 2.36. The van der Waals surface area contributed by atoms with Crippen molar-refractivity contribution in [3.63, 3.8) is 0 Å². The summed E-state index contributed by atoms with van der Waals surface area (Å²) in [4.78, 5) is 18.7. The minimum atomic E-state index is -0.377. The first-order valence-corrected chi connectivity index (χ1v) is 8.62. The molecular formula is C18H19FN6O. The molecule has 1 N–H and O–H groups in total. The molecule has 8 heteroatoms. The molecule has 1 aromatic carbocycles. The lowest BCUT2D eigenvalue weighted by Gasteiger charge is -2.31. The van der Waals surface area contributed by atoms with Crippen LogP contribution in [0.4, 0.5) is 4.39 Å². The van der Waals surface area contributed by atoms with E-state index in [1.165, 1.54) is 18.6 Å². The summed E-state index contributed by atoms with van der Waals surface area (Å²) in [5.41, 5.74) is 1.19. The number of halogens is 1. The number of likely N-dealkylation sites (tertiary alicyclic amines) is 1. The lowest BCUT2D eigenvalue weighted by molar-refractivity contribution is 0.0682. The number of aromatic nitrogens is 5. The summed E-state index contributed by atoms with van der Waals surface area (Å²) < 4.78 is 15.9. The van der Waals surface area contributed by atoms with Crippen LogP contribution in [0.5, 0.6) is 0 Å². The largest absolute Gasteiger partial charge is 0.339 e. The maximum atomic E-state index is 14.1. The number of piperidine rings is 1. The highest BCUT2D eigenvalue weighted by Crippen LogP contribution is 2.27. The van der Waals surface area contributed by atoms with E-state index >= 15 is 0 Å². The van der Waals surface area contributed by atoms with Crippen molar-refractivity contribution in [1.82, 2.24) is 29.9 Å². The molecule has 1 saturated heterocycles.